The largest absolute Gasteiger partial charge is 0.311 e. The van der Waals surface area contributed by atoms with Crippen LogP contribution in [0, 0.1) is 5.92 Å². The highest BCUT2D eigenvalue weighted by atomic mass is 35.5. The Morgan fingerprint density at radius 2 is 1.53 bits per heavy atom. The number of nitrogens with one attached hydrogen (secondary N) is 1. The molecule has 2 atom stereocenters. The van der Waals surface area contributed by atoms with Gasteiger partial charge >= 0.3 is 0 Å². The van der Waals surface area contributed by atoms with Gasteiger partial charge in [0, 0.05) is 18.0 Å². The molecule has 0 aromatic rings. The summed E-state index contributed by atoms with van der Waals surface area (Å²) in [4.78, 5) is 0. The molecule has 0 spiro atoms. The Balaban J connectivity index is 1.79. The van der Waals surface area contributed by atoms with Crippen LogP contribution in [0.25, 0.3) is 0 Å². The highest BCUT2D eigenvalue weighted by Crippen LogP contribution is 2.27. The Bertz CT molecular complexity index is 177. The van der Waals surface area contributed by atoms with Gasteiger partial charge in [0.1, 0.15) is 0 Å². The van der Waals surface area contributed by atoms with E-state index in [-0.39, 0.29) is 0 Å². The molecule has 15 heavy (non-hydrogen) atoms. The second-order valence-corrected chi connectivity index (χ2v) is 5.62. The number of rotatable bonds is 3. The Kier molecular flexibility index (Phi) is 4.77. The second-order valence-electron chi connectivity index (χ2n) is 5.31. The molecule has 2 unspecified atom stereocenters. The summed E-state index contributed by atoms with van der Waals surface area (Å²) < 4.78 is 0. The summed E-state index contributed by atoms with van der Waals surface area (Å²) >= 11 is 6.05. The van der Waals surface area contributed by atoms with Crippen molar-refractivity contribution < 1.29 is 0 Å². The zero-order valence-electron chi connectivity index (χ0n) is 9.68. The minimum Gasteiger partial charge on any atom is -0.311 e. The van der Waals surface area contributed by atoms with E-state index in [1.807, 2.05) is 0 Å². The first-order valence-corrected chi connectivity index (χ1v) is 7.25. The number of hydrogen-bond acceptors (Lipinski definition) is 1. The van der Waals surface area contributed by atoms with Crippen LogP contribution in [-0.4, -0.2) is 18.0 Å². The number of halogens is 1. The molecule has 2 fully saturated rings. The lowest BCUT2D eigenvalue weighted by molar-refractivity contribution is 0.237. The van der Waals surface area contributed by atoms with Crippen molar-refractivity contribution in [2.24, 2.45) is 5.92 Å². The average molecular weight is 230 g/mol. The summed E-state index contributed by atoms with van der Waals surface area (Å²) in [7, 11) is 0. The van der Waals surface area contributed by atoms with E-state index < -0.39 is 0 Å². The third-order valence-corrected chi connectivity index (χ3v) is 4.56. The lowest BCUT2D eigenvalue weighted by Crippen LogP contribution is -2.45. The lowest BCUT2D eigenvalue weighted by Gasteiger charge is -2.35. The van der Waals surface area contributed by atoms with Gasteiger partial charge in [0.15, 0.2) is 0 Å². The van der Waals surface area contributed by atoms with Gasteiger partial charge in [0.05, 0.1) is 0 Å². The van der Waals surface area contributed by atoms with Gasteiger partial charge in [-0.05, 0) is 31.6 Å². The van der Waals surface area contributed by atoms with Crippen LogP contribution in [0.2, 0.25) is 0 Å². The van der Waals surface area contributed by atoms with Gasteiger partial charge in [-0.1, -0.05) is 32.1 Å². The highest BCUT2D eigenvalue weighted by Gasteiger charge is 2.26. The predicted molar refractivity (Wildman–Crippen MR) is 66.5 cm³/mol. The summed E-state index contributed by atoms with van der Waals surface area (Å²) in [6.45, 7) is 0. The van der Waals surface area contributed by atoms with E-state index in [0.29, 0.717) is 0 Å². The van der Waals surface area contributed by atoms with Crippen molar-refractivity contribution in [1.29, 1.82) is 0 Å². The summed E-state index contributed by atoms with van der Waals surface area (Å²) in [6, 6.07) is 1.52. The third-order valence-electron chi connectivity index (χ3n) is 4.16. The molecule has 2 aliphatic carbocycles. The highest BCUT2D eigenvalue weighted by molar-refractivity contribution is 6.18. The van der Waals surface area contributed by atoms with Gasteiger partial charge in [0.2, 0.25) is 0 Å². The monoisotopic (exact) mass is 229 g/mol. The fraction of sp³-hybridized carbons (Fsp3) is 1.00. The molecule has 0 aliphatic heterocycles. The molecule has 0 radical (unpaired) electrons. The van der Waals surface area contributed by atoms with Crippen LogP contribution in [-0.2, 0) is 0 Å². The summed E-state index contributed by atoms with van der Waals surface area (Å²) in [5.74, 6) is 1.59. The normalized spacial score (nSPS) is 34.2. The first-order valence-electron chi connectivity index (χ1n) is 6.72. The Morgan fingerprint density at radius 1 is 0.867 bits per heavy atom. The van der Waals surface area contributed by atoms with Gasteiger partial charge in [0.25, 0.3) is 0 Å². The van der Waals surface area contributed by atoms with Crippen LogP contribution in [0.1, 0.15) is 57.8 Å². The van der Waals surface area contributed by atoms with Crippen molar-refractivity contribution in [1.82, 2.24) is 5.32 Å². The van der Waals surface area contributed by atoms with Gasteiger partial charge in [-0.3, -0.25) is 0 Å². The van der Waals surface area contributed by atoms with Crippen LogP contribution in [0.5, 0.6) is 0 Å². The Labute approximate surface area is 99.0 Å². The molecule has 2 aliphatic rings. The zero-order chi connectivity index (χ0) is 10.5. The van der Waals surface area contributed by atoms with Crippen LogP contribution < -0.4 is 5.32 Å². The molecule has 0 aromatic carbocycles. The molecular weight excluding hydrogens is 206 g/mol. The van der Waals surface area contributed by atoms with E-state index in [4.69, 9.17) is 11.6 Å². The molecule has 88 valence electrons. The molecule has 2 heteroatoms. The van der Waals surface area contributed by atoms with E-state index in [1.54, 1.807) is 0 Å². The molecule has 0 bridgehead atoms. The summed E-state index contributed by atoms with van der Waals surface area (Å²) in [5, 5.41) is 3.87. The molecule has 2 saturated carbocycles. The third kappa shape index (κ3) is 3.35. The Hall–Kier alpha value is 0.250. The molecule has 1 nitrogen and oxygen atoms in total. The quantitative estimate of drug-likeness (QED) is 0.728. The average Bonchev–Trinajstić information content (AvgIpc) is 2.31. The standard InChI is InChI=1S/C13H24ClN/c14-10-11-6-4-5-9-13(11)15-12-7-2-1-3-8-12/h11-13,15H,1-10H2. The molecular formula is C13H24ClN. The molecule has 0 saturated heterocycles. The fourth-order valence-electron chi connectivity index (χ4n) is 3.18. The van der Waals surface area contributed by atoms with E-state index in [2.05, 4.69) is 5.32 Å². The van der Waals surface area contributed by atoms with Gasteiger partial charge in [-0.15, -0.1) is 11.6 Å². The van der Waals surface area contributed by atoms with Crippen LogP contribution in [0.3, 0.4) is 0 Å². The van der Waals surface area contributed by atoms with E-state index in [0.717, 1.165) is 23.9 Å². The molecule has 2 rings (SSSR count). The Morgan fingerprint density at radius 3 is 2.27 bits per heavy atom. The summed E-state index contributed by atoms with van der Waals surface area (Å²) in [5.41, 5.74) is 0. The second kappa shape index (κ2) is 6.10. The molecule has 0 amide bonds. The lowest BCUT2D eigenvalue weighted by atomic mass is 9.84. The van der Waals surface area contributed by atoms with Crippen molar-refractivity contribution in [2.45, 2.75) is 69.9 Å². The van der Waals surface area contributed by atoms with Gasteiger partial charge in [-0.2, -0.15) is 0 Å². The van der Waals surface area contributed by atoms with E-state index in [1.165, 1.54) is 57.8 Å². The van der Waals surface area contributed by atoms with Crippen molar-refractivity contribution >= 4 is 11.6 Å². The van der Waals surface area contributed by atoms with Crippen molar-refractivity contribution in [3.05, 3.63) is 0 Å². The maximum absolute atomic E-state index is 6.05. The van der Waals surface area contributed by atoms with Crippen molar-refractivity contribution in [2.75, 3.05) is 5.88 Å². The summed E-state index contributed by atoms with van der Waals surface area (Å²) in [6.07, 6.45) is 12.6. The van der Waals surface area contributed by atoms with E-state index >= 15 is 0 Å². The van der Waals surface area contributed by atoms with E-state index in [9.17, 15) is 0 Å². The first kappa shape index (κ1) is 11.7. The molecule has 0 heterocycles. The van der Waals surface area contributed by atoms with Gasteiger partial charge < -0.3 is 5.32 Å². The molecule has 0 aromatic heterocycles. The maximum Gasteiger partial charge on any atom is 0.0266 e. The van der Waals surface area contributed by atoms with Crippen LogP contribution in [0.4, 0.5) is 0 Å². The topological polar surface area (TPSA) is 12.0 Å². The SMILES string of the molecule is ClCC1CCCCC1NC1CCCCC1. The zero-order valence-corrected chi connectivity index (χ0v) is 10.4. The molecule has 1 N–H and O–H groups in total. The fourth-order valence-corrected chi connectivity index (χ4v) is 3.55. The van der Waals surface area contributed by atoms with Crippen LogP contribution >= 0.6 is 11.6 Å². The van der Waals surface area contributed by atoms with Crippen LogP contribution in [0.15, 0.2) is 0 Å². The maximum atomic E-state index is 6.05. The predicted octanol–water partition coefficient (Wildman–Crippen LogP) is 3.71. The first-order chi connectivity index (χ1) is 7.40. The van der Waals surface area contributed by atoms with Crippen molar-refractivity contribution in [3.8, 4) is 0 Å². The minimum atomic E-state index is 0.722. The minimum absolute atomic E-state index is 0.722. The van der Waals surface area contributed by atoms with Crippen molar-refractivity contribution in [3.63, 3.8) is 0 Å². The number of alkyl halides is 1. The number of hydrogen-bond donors (Lipinski definition) is 1. The smallest absolute Gasteiger partial charge is 0.0266 e. The van der Waals surface area contributed by atoms with Gasteiger partial charge in [-0.25, -0.2) is 0 Å².